The van der Waals surface area contributed by atoms with Crippen molar-refractivity contribution in [2.24, 2.45) is 16.5 Å². The van der Waals surface area contributed by atoms with Gasteiger partial charge in [0.05, 0.1) is 34.7 Å². The second-order valence-corrected chi connectivity index (χ2v) is 10.5. The van der Waals surface area contributed by atoms with E-state index in [1.807, 2.05) is 23.1 Å². The molecule has 4 rings (SSSR count). The first kappa shape index (κ1) is 34.3. The lowest BCUT2D eigenvalue weighted by molar-refractivity contribution is -0.135. The van der Waals surface area contributed by atoms with Crippen LogP contribution in [-0.4, -0.2) is 90.8 Å². The van der Waals surface area contributed by atoms with Gasteiger partial charge >= 0.3 is 0 Å². The number of hydrogen-bond acceptors (Lipinski definition) is 7. The van der Waals surface area contributed by atoms with E-state index in [2.05, 4.69) is 26.2 Å². The lowest BCUT2D eigenvalue weighted by Gasteiger charge is -2.41. The van der Waals surface area contributed by atoms with Gasteiger partial charge in [-0.2, -0.15) is 5.10 Å². The lowest BCUT2D eigenvalue weighted by atomic mass is 10.1. The molecule has 1 aliphatic carbocycles. The molecule has 1 aromatic heterocycles. The molecule has 1 atom stereocenters. The number of hydrogen-bond donors (Lipinski definition) is 5. The summed E-state index contributed by atoms with van der Waals surface area (Å²) in [6.45, 7) is 1.14. The van der Waals surface area contributed by atoms with E-state index in [0.29, 0.717) is 41.9 Å². The average molecular weight is 612 g/mol. The van der Waals surface area contributed by atoms with Crippen molar-refractivity contribution in [3.05, 3.63) is 34.3 Å². The van der Waals surface area contributed by atoms with E-state index in [1.165, 1.54) is 52.0 Å². The van der Waals surface area contributed by atoms with Crippen LogP contribution in [0.4, 0.5) is 5.82 Å². The number of H-pyrrole nitrogens is 1. The number of aliphatic hydroxyl groups excluding tert-OH is 1. The molecule has 1 unspecified atom stereocenters. The van der Waals surface area contributed by atoms with Crippen molar-refractivity contribution in [2.45, 2.75) is 57.4 Å². The van der Waals surface area contributed by atoms with Gasteiger partial charge in [0, 0.05) is 37.9 Å². The molecule has 41 heavy (non-hydrogen) atoms. The van der Waals surface area contributed by atoms with Crippen molar-refractivity contribution in [1.82, 2.24) is 20.4 Å². The minimum absolute atomic E-state index is 0.0657. The van der Waals surface area contributed by atoms with Gasteiger partial charge < -0.3 is 31.7 Å². The van der Waals surface area contributed by atoms with Crippen LogP contribution < -0.4 is 21.7 Å². The molecule has 2 aliphatic rings. The smallest absolute Gasteiger partial charge is 0.242 e. The number of amides is 2. The third-order valence-corrected chi connectivity index (χ3v) is 7.74. The number of aromatic nitrogens is 2. The van der Waals surface area contributed by atoms with Gasteiger partial charge in [0.15, 0.2) is 5.82 Å². The highest BCUT2D eigenvalue weighted by molar-refractivity contribution is 6.43. The van der Waals surface area contributed by atoms with Crippen molar-refractivity contribution < 1.29 is 14.7 Å². The van der Waals surface area contributed by atoms with Crippen LogP contribution in [0.15, 0.2) is 29.3 Å². The zero-order valence-corrected chi connectivity index (χ0v) is 25.3. The highest BCUT2D eigenvalue weighted by Gasteiger charge is 2.31. The normalized spacial score (nSPS) is 17.1. The van der Waals surface area contributed by atoms with E-state index in [-0.39, 0.29) is 37.6 Å². The van der Waals surface area contributed by atoms with E-state index < -0.39 is 0 Å². The molecule has 2 aromatic rings. The number of rotatable bonds is 8. The van der Waals surface area contributed by atoms with Gasteiger partial charge in [-0.1, -0.05) is 80.3 Å². The fourth-order valence-corrected chi connectivity index (χ4v) is 5.22. The van der Waals surface area contributed by atoms with Crippen LogP contribution in [0.2, 0.25) is 10.0 Å². The number of nitrogens with zero attached hydrogens (tertiary/aromatic N) is 4. The molecule has 2 fully saturated rings. The van der Waals surface area contributed by atoms with Gasteiger partial charge in [-0.05, 0) is 19.5 Å². The molecule has 11 nitrogen and oxygen atoms in total. The summed E-state index contributed by atoms with van der Waals surface area (Å²) in [7, 11) is 1.50. The quantitative estimate of drug-likeness (QED) is 0.174. The summed E-state index contributed by atoms with van der Waals surface area (Å²) in [5.41, 5.74) is 11.1. The number of carbonyl (C=O) groups is 2. The number of aliphatic imine (C=N–C) groups is 1. The van der Waals surface area contributed by atoms with Gasteiger partial charge in [0.2, 0.25) is 11.8 Å². The molecule has 2 heterocycles. The molecule has 7 N–H and O–H groups in total. The summed E-state index contributed by atoms with van der Waals surface area (Å²) in [6, 6.07) is 7.03. The number of anilines is 1. The molecule has 228 valence electrons. The van der Waals surface area contributed by atoms with Crippen molar-refractivity contribution in [3.8, 4) is 11.3 Å². The molecule has 0 bridgehead atoms. The Kier molecular flexibility index (Phi) is 16.2. The summed E-state index contributed by atoms with van der Waals surface area (Å²) < 4.78 is 0. The highest BCUT2D eigenvalue weighted by atomic mass is 35.5. The number of aromatic amines is 1. The summed E-state index contributed by atoms with van der Waals surface area (Å²) in [5, 5.41) is 20.3. The number of piperazine rings is 1. The van der Waals surface area contributed by atoms with E-state index >= 15 is 0 Å². The van der Waals surface area contributed by atoms with E-state index in [1.54, 1.807) is 11.0 Å². The Balaban J connectivity index is 0.000000561. The van der Waals surface area contributed by atoms with Crippen molar-refractivity contribution in [2.75, 3.05) is 51.3 Å². The molecule has 1 aromatic carbocycles. The minimum Gasteiger partial charge on any atom is -0.396 e. The lowest BCUT2D eigenvalue weighted by Crippen LogP contribution is -2.57. The van der Waals surface area contributed by atoms with Crippen molar-refractivity contribution in [1.29, 1.82) is 0 Å². The SMILES string of the molecule is C1CCCCCC1.CN.NC=NCC(=O)NCC(=O)N1CCN(c2cc(-c3cccc(Cl)c3Cl)[nH]n2)CC1CCO. The molecule has 0 radical (unpaired) electrons. The first-order valence-electron chi connectivity index (χ1n) is 14.1. The van der Waals surface area contributed by atoms with Crippen molar-refractivity contribution in [3.63, 3.8) is 0 Å². The first-order valence-corrected chi connectivity index (χ1v) is 14.9. The molecule has 1 saturated heterocycles. The van der Waals surface area contributed by atoms with Crippen LogP contribution in [-0.2, 0) is 9.59 Å². The first-order chi connectivity index (χ1) is 19.9. The number of halogens is 2. The highest BCUT2D eigenvalue weighted by Crippen LogP contribution is 2.34. The second-order valence-electron chi connectivity index (χ2n) is 9.68. The number of nitrogens with one attached hydrogen (secondary N) is 2. The number of carbonyl (C=O) groups excluding carboxylic acids is 2. The summed E-state index contributed by atoms with van der Waals surface area (Å²) >= 11 is 12.4. The fraction of sp³-hybridized carbons (Fsp3) is 0.571. The molecule has 13 heteroatoms. The third kappa shape index (κ3) is 11.1. The predicted molar refractivity (Wildman–Crippen MR) is 166 cm³/mol. The summed E-state index contributed by atoms with van der Waals surface area (Å²) in [6.07, 6.45) is 11.9. The van der Waals surface area contributed by atoms with Crippen molar-refractivity contribution >= 4 is 47.2 Å². The number of benzene rings is 1. The van der Waals surface area contributed by atoms with Crippen LogP contribution in [0, 0.1) is 0 Å². The van der Waals surface area contributed by atoms with Gasteiger partial charge in [-0.3, -0.25) is 19.7 Å². The maximum absolute atomic E-state index is 12.7. The zero-order chi connectivity index (χ0) is 30.0. The molecule has 1 aliphatic heterocycles. The molecule has 2 amide bonds. The Bertz CT molecular complexity index is 1080. The third-order valence-electron chi connectivity index (χ3n) is 6.92. The monoisotopic (exact) mass is 610 g/mol. The largest absolute Gasteiger partial charge is 0.396 e. The van der Waals surface area contributed by atoms with Crippen LogP contribution in [0.3, 0.4) is 0 Å². The fourth-order valence-electron chi connectivity index (χ4n) is 4.82. The Labute approximate surface area is 252 Å². The standard InChI is InChI=1S/C20H25Cl2N7O3.C7H14.CH5N/c21-15-3-1-2-14(20(15)22)16-8-17(27-26-16)28-5-6-29(13(11-28)4-7-30)19(32)10-25-18(31)9-24-12-23;1-2-4-6-7-5-3-1;1-2/h1-3,8,12-13,30H,4-7,9-11H2,(H2,23,24)(H,25,31)(H,26,27);1-7H2;2H2,1H3. The van der Waals surface area contributed by atoms with E-state index in [9.17, 15) is 14.7 Å². The Hall–Kier alpha value is -2.86. The minimum atomic E-state index is -0.388. The van der Waals surface area contributed by atoms with Crippen LogP contribution >= 0.6 is 23.2 Å². The maximum Gasteiger partial charge on any atom is 0.242 e. The molecular formula is C28H44Cl2N8O3. The van der Waals surface area contributed by atoms with Gasteiger partial charge in [0.25, 0.3) is 0 Å². The van der Waals surface area contributed by atoms with Crippen LogP contribution in [0.1, 0.15) is 51.4 Å². The predicted octanol–water partition coefficient (Wildman–Crippen LogP) is 3.19. The maximum atomic E-state index is 12.7. The summed E-state index contributed by atoms with van der Waals surface area (Å²) in [4.78, 5) is 31.7. The molecule has 0 spiro atoms. The van der Waals surface area contributed by atoms with Crippen LogP contribution in [0.5, 0.6) is 0 Å². The second kappa shape index (κ2) is 19.3. The zero-order valence-electron chi connectivity index (χ0n) is 23.8. The van der Waals surface area contributed by atoms with E-state index in [4.69, 9.17) is 28.9 Å². The van der Waals surface area contributed by atoms with Gasteiger partial charge in [-0.15, -0.1) is 0 Å². The molecule has 1 saturated carbocycles. The summed E-state index contributed by atoms with van der Waals surface area (Å²) in [5.74, 6) is 0.0988. The Morgan fingerprint density at radius 1 is 1.15 bits per heavy atom. The average Bonchev–Trinajstić information content (AvgIpc) is 3.28. The number of aliphatic hydroxyl groups is 1. The molecular weight excluding hydrogens is 567 g/mol. The Morgan fingerprint density at radius 3 is 2.41 bits per heavy atom. The number of nitrogens with two attached hydrogens (primary N) is 2. The topological polar surface area (TPSA) is 166 Å². The van der Waals surface area contributed by atoms with E-state index in [0.717, 1.165) is 17.6 Å². The van der Waals surface area contributed by atoms with Crippen LogP contribution in [0.25, 0.3) is 11.3 Å². The Morgan fingerprint density at radius 2 is 1.80 bits per heavy atom. The van der Waals surface area contributed by atoms with Gasteiger partial charge in [-0.25, -0.2) is 0 Å². The van der Waals surface area contributed by atoms with Gasteiger partial charge in [0.1, 0.15) is 6.54 Å².